The fourth-order valence-corrected chi connectivity index (χ4v) is 6.54. The molecule has 4 heterocycles. The van der Waals surface area contributed by atoms with Crippen molar-refractivity contribution < 1.29 is 59.7 Å². The van der Waals surface area contributed by atoms with Crippen LogP contribution in [0.5, 0.6) is 0 Å². The molecule has 19 heteroatoms. The predicted molar refractivity (Wildman–Crippen MR) is 185 cm³/mol. The van der Waals surface area contributed by atoms with Gasteiger partial charge in [0.15, 0.2) is 0 Å². The summed E-state index contributed by atoms with van der Waals surface area (Å²) in [6.07, 6.45) is -4.01. The van der Waals surface area contributed by atoms with Crippen molar-refractivity contribution in [2.75, 3.05) is 25.0 Å². The number of aromatic nitrogens is 3. The summed E-state index contributed by atoms with van der Waals surface area (Å²) < 4.78 is 108. The van der Waals surface area contributed by atoms with Crippen molar-refractivity contribution in [3.8, 4) is 11.1 Å². The molecule has 292 valence electrons. The zero-order valence-corrected chi connectivity index (χ0v) is 29.5. The molecule has 1 saturated heterocycles. The van der Waals surface area contributed by atoms with Gasteiger partial charge in [-0.1, -0.05) is 23.7 Å². The van der Waals surface area contributed by atoms with Crippen molar-refractivity contribution in [2.45, 2.75) is 38.2 Å². The number of carboxylic acid groups (broad SMARTS) is 1. The molecule has 1 aliphatic rings. The maximum atomic E-state index is 15.1. The Bertz CT molecular complexity index is 2310. The summed E-state index contributed by atoms with van der Waals surface area (Å²) >= 11 is 6.61. The summed E-state index contributed by atoms with van der Waals surface area (Å²) in [6.45, 7) is 2.78. The Morgan fingerprint density at radius 2 is 1.69 bits per heavy atom. The molecule has 1 amide bonds. The van der Waals surface area contributed by atoms with Crippen LogP contribution < -0.4 is 5.32 Å². The molecule has 0 saturated carbocycles. The van der Waals surface area contributed by atoms with Crippen LogP contribution in [0, 0.1) is 18.6 Å². The molecule has 0 radical (unpaired) electrons. The molecule has 2 aromatic carbocycles. The second-order valence-corrected chi connectivity index (χ2v) is 12.8. The lowest BCUT2D eigenvalue weighted by Gasteiger charge is -2.20. The zero-order chi connectivity index (χ0) is 40.6. The molecule has 1 aliphatic heterocycles. The van der Waals surface area contributed by atoms with Crippen LogP contribution in [0.15, 0.2) is 60.8 Å². The highest BCUT2D eigenvalue weighted by Gasteiger charge is 2.39. The highest BCUT2D eigenvalue weighted by molar-refractivity contribution is 6.38. The average molecular weight is 800 g/mol. The number of carbonyl (C=O) groups is 3. The highest BCUT2D eigenvalue weighted by Crippen LogP contribution is 2.46. The molecule has 6 rings (SSSR count). The van der Waals surface area contributed by atoms with Crippen molar-refractivity contribution >= 4 is 51.5 Å². The normalized spacial score (nSPS) is 15.2. The highest BCUT2D eigenvalue weighted by atomic mass is 35.5. The molecule has 5 aromatic rings. The van der Waals surface area contributed by atoms with E-state index in [1.165, 1.54) is 45.5 Å². The number of aliphatic hydroxyl groups excluding tert-OH is 1. The van der Waals surface area contributed by atoms with Crippen LogP contribution in [-0.4, -0.2) is 78.6 Å². The number of nitrogens with zero attached hydrogens (tertiary/aromatic N) is 4. The quantitative estimate of drug-likeness (QED) is 0.0840. The van der Waals surface area contributed by atoms with Gasteiger partial charge in [-0.05, 0) is 62.7 Å². The standard InChI is InChI=1S/C34H29ClF5N5O3.C2HF3O2/c1-18-41-32-27(43(18)2)16-22(34(38,39)40)29(30(32)35)21-7-4-13-45-25(21)9-10-26(45)33(48)19-14-23(36)31(24(37)15-19)42-28(47)8-5-12-44-11-3-6-20(44)17-46;3-2(4,5)1(6)7/h4-5,7-10,13-16,20,46H,3,6,11-12,17H2,1-2H3,(H,42,47);(H,6,7)/b8-5+;/t20-;/m0./s1. The van der Waals surface area contributed by atoms with E-state index in [0.29, 0.717) is 12.4 Å². The third-order valence-corrected chi connectivity index (χ3v) is 9.32. The number of halogens is 9. The lowest BCUT2D eigenvalue weighted by atomic mass is 9.97. The molecule has 3 N–H and O–H groups in total. The van der Waals surface area contributed by atoms with Gasteiger partial charge in [0.1, 0.15) is 28.7 Å². The van der Waals surface area contributed by atoms with Crippen molar-refractivity contribution in [2.24, 2.45) is 7.05 Å². The molecular formula is C36H30ClF8N5O5. The van der Waals surface area contributed by atoms with Gasteiger partial charge in [0.2, 0.25) is 11.7 Å². The van der Waals surface area contributed by atoms with Gasteiger partial charge in [0.05, 0.1) is 33.9 Å². The summed E-state index contributed by atoms with van der Waals surface area (Å²) in [5.41, 5.74) is -1.88. The van der Waals surface area contributed by atoms with Gasteiger partial charge < -0.3 is 24.5 Å². The Balaban J connectivity index is 0.000000757. The number of likely N-dealkylation sites (tertiary alicyclic amines) is 1. The minimum Gasteiger partial charge on any atom is -0.475 e. The molecule has 0 spiro atoms. The molecule has 55 heavy (non-hydrogen) atoms. The number of hydrogen-bond donors (Lipinski definition) is 3. The number of nitrogens with one attached hydrogen (secondary N) is 1. The summed E-state index contributed by atoms with van der Waals surface area (Å²) in [6, 6.07) is 8.16. The van der Waals surface area contributed by atoms with E-state index in [9.17, 15) is 41.0 Å². The summed E-state index contributed by atoms with van der Waals surface area (Å²) in [7, 11) is 1.58. The maximum Gasteiger partial charge on any atom is 0.490 e. The van der Waals surface area contributed by atoms with E-state index in [1.54, 1.807) is 14.0 Å². The van der Waals surface area contributed by atoms with E-state index in [0.717, 1.165) is 43.7 Å². The number of hydrogen-bond acceptors (Lipinski definition) is 6. The Hall–Kier alpha value is -5.33. The third-order valence-electron chi connectivity index (χ3n) is 8.95. The van der Waals surface area contributed by atoms with Gasteiger partial charge in [0.25, 0.3) is 0 Å². The van der Waals surface area contributed by atoms with Crippen molar-refractivity contribution in [1.29, 1.82) is 0 Å². The predicted octanol–water partition coefficient (Wildman–Crippen LogP) is 7.57. The number of imidazole rings is 1. The van der Waals surface area contributed by atoms with Gasteiger partial charge in [-0.25, -0.2) is 18.6 Å². The average Bonchev–Trinajstić information content (AvgIpc) is 3.83. The van der Waals surface area contributed by atoms with Gasteiger partial charge in [-0.3, -0.25) is 14.5 Å². The molecule has 1 atom stereocenters. The van der Waals surface area contributed by atoms with Gasteiger partial charge >= 0.3 is 18.3 Å². The minimum atomic E-state index is -5.08. The van der Waals surface area contributed by atoms with Crippen LogP contribution in [0.4, 0.5) is 40.8 Å². The van der Waals surface area contributed by atoms with E-state index in [4.69, 9.17) is 21.5 Å². The number of fused-ring (bicyclic) bond motifs is 2. The first kappa shape index (κ1) is 40.8. The summed E-state index contributed by atoms with van der Waals surface area (Å²) in [5.74, 6) is -6.28. The zero-order valence-electron chi connectivity index (χ0n) is 28.7. The Labute approximate surface area is 311 Å². The van der Waals surface area contributed by atoms with Crippen LogP contribution in [0.25, 0.3) is 27.7 Å². The smallest absolute Gasteiger partial charge is 0.475 e. The first-order valence-corrected chi connectivity index (χ1v) is 16.6. The van der Waals surface area contributed by atoms with Crippen LogP contribution in [0.2, 0.25) is 5.02 Å². The number of aliphatic carboxylic acids is 1. The van der Waals surface area contributed by atoms with Crippen LogP contribution in [0.3, 0.4) is 0 Å². The molecule has 0 bridgehead atoms. The first-order valence-electron chi connectivity index (χ1n) is 16.2. The lowest BCUT2D eigenvalue weighted by Crippen LogP contribution is -2.32. The minimum absolute atomic E-state index is 0.00236. The van der Waals surface area contributed by atoms with E-state index < -0.39 is 52.9 Å². The monoisotopic (exact) mass is 799 g/mol. The SMILES string of the molecule is Cc1nc2c(Cl)c(-c3cccn4c(C(=O)c5cc(F)c(NC(=O)/C=C/CN6CCC[C@H]6CO)c(F)c5)ccc34)c(C(F)(F)F)cc2n1C.O=C(O)C(F)(F)F. The number of benzene rings is 2. The fraction of sp³-hybridized carbons (Fsp3) is 0.278. The number of rotatable bonds is 8. The molecule has 3 aromatic heterocycles. The third kappa shape index (κ3) is 8.50. The first-order chi connectivity index (χ1) is 25.7. The second kappa shape index (κ2) is 15.8. The van der Waals surface area contributed by atoms with E-state index >= 15 is 8.78 Å². The molecule has 0 unspecified atom stereocenters. The second-order valence-electron chi connectivity index (χ2n) is 12.4. The topological polar surface area (TPSA) is 129 Å². The molecule has 0 aliphatic carbocycles. The number of ketones is 1. The number of anilines is 1. The van der Waals surface area contributed by atoms with Crippen LogP contribution in [-0.2, 0) is 22.8 Å². The lowest BCUT2D eigenvalue weighted by molar-refractivity contribution is -0.192. The maximum absolute atomic E-state index is 15.1. The summed E-state index contributed by atoms with van der Waals surface area (Å²) in [5, 5.41) is 18.5. The number of carbonyl (C=O) groups excluding carboxylic acids is 2. The Morgan fingerprint density at radius 3 is 2.29 bits per heavy atom. The molecule has 10 nitrogen and oxygen atoms in total. The van der Waals surface area contributed by atoms with Gasteiger partial charge in [-0.2, -0.15) is 26.3 Å². The van der Waals surface area contributed by atoms with Crippen molar-refractivity contribution in [3.63, 3.8) is 0 Å². The number of aryl methyl sites for hydroxylation is 2. The number of amides is 1. The number of carboxylic acids is 1. The fourth-order valence-electron chi connectivity index (χ4n) is 6.20. The summed E-state index contributed by atoms with van der Waals surface area (Å²) in [4.78, 5) is 41.2. The largest absolute Gasteiger partial charge is 0.490 e. The van der Waals surface area contributed by atoms with Crippen molar-refractivity contribution in [1.82, 2.24) is 18.9 Å². The number of alkyl halides is 6. The van der Waals surface area contributed by atoms with Gasteiger partial charge in [0, 0.05) is 48.6 Å². The molecular weight excluding hydrogens is 770 g/mol. The van der Waals surface area contributed by atoms with Crippen LogP contribution >= 0.6 is 11.6 Å². The van der Waals surface area contributed by atoms with E-state index in [1.807, 2.05) is 4.90 Å². The van der Waals surface area contributed by atoms with E-state index in [2.05, 4.69) is 10.3 Å². The number of aliphatic hydroxyl groups is 1. The molecule has 1 fully saturated rings. The Morgan fingerprint density at radius 1 is 1.04 bits per heavy atom. The van der Waals surface area contributed by atoms with Gasteiger partial charge in [-0.15, -0.1) is 0 Å². The van der Waals surface area contributed by atoms with E-state index in [-0.39, 0.29) is 56.6 Å². The Kier molecular flexibility index (Phi) is 11.7. The number of pyridine rings is 1. The van der Waals surface area contributed by atoms with Crippen LogP contribution in [0.1, 0.15) is 40.3 Å². The van der Waals surface area contributed by atoms with Crippen molar-refractivity contribution in [3.05, 3.63) is 100 Å².